The molecule has 8 heteroatoms. The summed E-state index contributed by atoms with van der Waals surface area (Å²) in [6.07, 6.45) is 0.299. The molecule has 0 saturated carbocycles. The number of ether oxygens (including phenoxy) is 1. The molecule has 3 aromatic rings. The van der Waals surface area contributed by atoms with Gasteiger partial charge in [-0.25, -0.2) is 4.68 Å². The Bertz CT molecular complexity index is 1150. The number of nitrogens with one attached hydrogen (secondary N) is 1. The number of amides is 1. The highest BCUT2D eigenvalue weighted by atomic mass is 19.4. The Morgan fingerprint density at radius 3 is 2.45 bits per heavy atom. The third-order valence-electron chi connectivity index (χ3n) is 5.70. The van der Waals surface area contributed by atoms with E-state index in [-0.39, 0.29) is 24.5 Å². The summed E-state index contributed by atoms with van der Waals surface area (Å²) in [5, 5.41) is 7.52. The Morgan fingerprint density at radius 2 is 1.79 bits per heavy atom. The maximum Gasteiger partial charge on any atom is 0.416 e. The summed E-state index contributed by atoms with van der Waals surface area (Å²) < 4.78 is 45.8. The van der Waals surface area contributed by atoms with Crippen molar-refractivity contribution in [1.82, 2.24) is 15.1 Å². The number of benzene rings is 2. The Hall–Kier alpha value is -3.55. The molecule has 5 nitrogen and oxygen atoms in total. The number of aromatic nitrogens is 2. The first kappa shape index (κ1) is 22.6. The van der Waals surface area contributed by atoms with Crippen LogP contribution in [0.1, 0.15) is 34.9 Å². The Kier molecular flexibility index (Phi) is 6.26. The second-order valence-corrected chi connectivity index (χ2v) is 8.04. The number of carbonyl (C=O) groups excluding carboxylic acids is 1. The van der Waals surface area contributed by atoms with E-state index in [0.29, 0.717) is 17.9 Å². The molecule has 1 heterocycles. The van der Waals surface area contributed by atoms with Crippen LogP contribution in [0.25, 0.3) is 5.69 Å². The van der Waals surface area contributed by atoms with E-state index in [0.717, 1.165) is 29.1 Å². The van der Waals surface area contributed by atoms with Gasteiger partial charge in [-0.15, -0.1) is 0 Å². The van der Waals surface area contributed by atoms with Crippen molar-refractivity contribution in [3.05, 3.63) is 89.3 Å². The van der Waals surface area contributed by atoms with E-state index in [9.17, 15) is 18.0 Å². The smallest absolute Gasteiger partial charge is 0.416 e. The number of hydrogen-bond donors (Lipinski definition) is 1. The highest BCUT2D eigenvalue weighted by Gasteiger charge is 2.30. The lowest BCUT2D eigenvalue weighted by atomic mass is 9.96. The fraction of sp³-hybridized carbons (Fsp3) is 0.280. The van der Waals surface area contributed by atoms with Gasteiger partial charge < -0.3 is 10.1 Å². The standard InChI is InChI=1S/C25H24F3N3O2/c1-16-24(17(2)31(30-16)21-12-9-19(10-13-21)25(26,27)28)18-8-11-20(14-18)29-23(32)15-33-22-6-4-3-5-7-22/h3-13,18,20H,14-15H2,1-2H3,(H,29,32)/t18-,20-/m1/s1. The predicted molar refractivity (Wildman–Crippen MR) is 118 cm³/mol. The first-order valence-corrected chi connectivity index (χ1v) is 10.6. The van der Waals surface area contributed by atoms with Crippen LogP contribution >= 0.6 is 0 Å². The van der Waals surface area contributed by atoms with E-state index in [4.69, 9.17) is 4.74 Å². The van der Waals surface area contributed by atoms with Crippen LogP contribution in [-0.4, -0.2) is 28.3 Å². The molecule has 0 saturated heterocycles. The molecule has 1 aliphatic rings. The van der Waals surface area contributed by atoms with E-state index in [1.165, 1.54) is 12.1 Å². The molecule has 1 aliphatic carbocycles. The van der Waals surface area contributed by atoms with Gasteiger partial charge in [-0.2, -0.15) is 18.3 Å². The molecule has 0 bridgehead atoms. The normalized spacial score (nSPS) is 17.8. The lowest BCUT2D eigenvalue weighted by Crippen LogP contribution is -2.36. The van der Waals surface area contributed by atoms with Crippen molar-refractivity contribution in [3.8, 4) is 11.4 Å². The average Bonchev–Trinajstić information content (AvgIpc) is 3.35. The van der Waals surface area contributed by atoms with E-state index in [2.05, 4.69) is 10.4 Å². The van der Waals surface area contributed by atoms with Gasteiger partial charge in [0.15, 0.2) is 6.61 Å². The maximum atomic E-state index is 12.9. The number of aryl methyl sites for hydroxylation is 1. The van der Waals surface area contributed by atoms with Gasteiger partial charge in [-0.05, 0) is 56.7 Å². The SMILES string of the molecule is Cc1nn(-c2ccc(C(F)(F)F)cc2)c(C)c1[C@@H]1C=C[C@@H](NC(=O)COc2ccccc2)C1. The summed E-state index contributed by atoms with van der Waals surface area (Å²) >= 11 is 0. The molecule has 2 atom stereocenters. The zero-order chi connectivity index (χ0) is 23.6. The Morgan fingerprint density at radius 1 is 1.09 bits per heavy atom. The highest BCUT2D eigenvalue weighted by Crippen LogP contribution is 2.34. The molecule has 0 fully saturated rings. The summed E-state index contributed by atoms with van der Waals surface area (Å²) in [6.45, 7) is 3.72. The lowest BCUT2D eigenvalue weighted by Gasteiger charge is -2.15. The fourth-order valence-electron chi connectivity index (χ4n) is 4.17. The summed E-state index contributed by atoms with van der Waals surface area (Å²) in [4.78, 5) is 12.3. The number of nitrogens with zero attached hydrogens (tertiary/aromatic N) is 2. The molecular formula is C25H24F3N3O2. The number of rotatable bonds is 6. The molecule has 0 radical (unpaired) electrons. The molecule has 0 spiro atoms. The van der Waals surface area contributed by atoms with Crippen molar-refractivity contribution >= 4 is 5.91 Å². The number of halogens is 3. The zero-order valence-electron chi connectivity index (χ0n) is 18.3. The van der Waals surface area contributed by atoms with Crippen LogP contribution in [0.5, 0.6) is 5.75 Å². The van der Waals surface area contributed by atoms with Gasteiger partial charge in [-0.1, -0.05) is 30.4 Å². The lowest BCUT2D eigenvalue weighted by molar-refractivity contribution is -0.137. The van der Waals surface area contributed by atoms with Crippen molar-refractivity contribution in [2.45, 2.75) is 38.4 Å². The van der Waals surface area contributed by atoms with Crippen molar-refractivity contribution in [1.29, 1.82) is 0 Å². The van der Waals surface area contributed by atoms with Crippen molar-refractivity contribution in [3.63, 3.8) is 0 Å². The Labute approximate surface area is 189 Å². The second-order valence-electron chi connectivity index (χ2n) is 8.04. The zero-order valence-corrected chi connectivity index (χ0v) is 18.3. The number of alkyl halides is 3. The molecular weight excluding hydrogens is 431 g/mol. The van der Waals surface area contributed by atoms with Crippen LogP contribution in [0.2, 0.25) is 0 Å². The highest BCUT2D eigenvalue weighted by molar-refractivity contribution is 5.78. The molecule has 2 aromatic carbocycles. The first-order chi connectivity index (χ1) is 15.7. The average molecular weight is 455 g/mol. The first-order valence-electron chi connectivity index (χ1n) is 10.6. The van der Waals surface area contributed by atoms with Gasteiger partial charge in [0.1, 0.15) is 5.75 Å². The number of hydrogen-bond acceptors (Lipinski definition) is 3. The summed E-state index contributed by atoms with van der Waals surface area (Å²) in [7, 11) is 0. The summed E-state index contributed by atoms with van der Waals surface area (Å²) in [5.41, 5.74) is 2.56. The maximum absolute atomic E-state index is 12.9. The van der Waals surface area contributed by atoms with Gasteiger partial charge in [-0.3, -0.25) is 4.79 Å². The van der Waals surface area contributed by atoms with Crippen LogP contribution in [0.3, 0.4) is 0 Å². The van der Waals surface area contributed by atoms with Gasteiger partial charge in [0.2, 0.25) is 0 Å². The molecule has 4 rings (SSSR count). The van der Waals surface area contributed by atoms with Gasteiger partial charge in [0, 0.05) is 23.2 Å². The molecule has 1 aromatic heterocycles. The molecule has 0 aliphatic heterocycles. The number of para-hydroxylation sites is 1. The molecule has 0 unspecified atom stereocenters. The third kappa shape index (κ3) is 5.10. The van der Waals surface area contributed by atoms with Crippen molar-refractivity contribution in [2.24, 2.45) is 0 Å². The van der Waals surface area contributed by atoms with Crippen LogP contribution in [-0.2, 0) is 11.0 Å². The quantitative estimate of drug-likeness (QED) is 0.525. The van der Waals surface area contributed by atoms with Crippen molar-refractivity contribution < 1.29 is 22.7 Å². The van der Waals surface area contributed by atoms with Gasteiger partial charge >= 0.3 is 6.18 Å². The minimum Gasteiger partial charge on any atom is -0.484 e. The monoisotopic (exact) mass is 455 g/mol. The van der Waals surface area contributed by atoms with E-state index >= 15 is 0 Å². The Balaban J connectivity index is 1.41. The molecule has 33 heavy (non-hydrogen) atoms. The molecule has 172 valence electrons. The molecule has 1 amide bonds. The van der Waals surface area contributed by atoms with Gasteiger partial charge in [0.25, 0.3) is 5.91 Å². The van der Waals surface area contributed by atoms with Crippen molar-refractivity contribution in [2.75, 3.05) is 6.61 Å². The third-order valence-corrected chi connectivity index (χ3v) is 5.70. The number of carbonyl (C=O) groups is 1. The molecule has 1 N–H and O–H groups in total. The summed E-state index contributed by atoms with van der Waals surface area (Å²) in [5.74, 6) is 0.478. The van der Waals surface area contributed by atoms with Crippen LogP contribution < -0.4 is 10.1 Å². The van der Waals surface area contributed by atoms with E-state index in [1.807, 2.05) is 44.2 Å². The van der Waals surface area contributed by atoms with Crippen LogP contribution in [0.4, 0.5) is 13.2 Å². The summed E-state index contributed by atoms with van der Waals surface area (Å²) in [6, 6.07) is 14.0. The van der Waals surface area contributed by atoms with E-state index < -0.39 is 11.7 Å². The van der Waals surface area contributed by atoms with E-state index in [1.54, 1.807) is 16.8 Å². The second kappa shape index (κ2) is 9.13. The van der Waals surface area contributed by atoms with Crippen LogP contribution in [0.15, 0.2) is 66.7 Å². The largest absolute Gasteiger partial charge is 0.484 e. The minimum atomic E-state index is -4.38. The minimum absolute atomic E-state index is 0.0496. The predicted octanol–water partition coefficient (Wildman–Crippen LogP) is 5.12. The topological polar surface area (TPSA) is 56.2 Å². The van der Waals surface area contributed by atoms with Crippen LogP contribution in [0, 0.1) is 13.8 Å². The fourth-order valence-corrected chi connectivity index (χ4v) is 4.17. The number of allylic oxidation sites excluding steroid dienone is 1. The van der Waals surface area contributed by atoms with Gasteiger partial charge in [0.05, 0.1) is 16.9 Å².